The zero-order chi connectivity index (χ0) is 33.1. The van der Waals surface area contributed by atoms with Gasteiger partial charge in [-0.1, -0.05) is 39.2 Å². The number of ketones is 1. The molecule has 5 amide bonds. The van der Waals surface area contributed by atoms with E-state index in [0.717, 1.165) is 32.1 Å². The Balaban J connectivity index is 1.49. The average Bonchev–Trinajstić information content (AvgIpc) is 3.86. The molecule has 12 nitrogen and oxygen atoms in total. The molecule has 0 aromatic carbocycles. The highest BCUT2D eigenvalue weighted by molar-refractivity contribution is 6.38. The number of nitrogens with one attached hydrogen (secondary N) is 3. The minimum Gasteiger partial charge on any atom is -0.444 e. The lowest BCUT2D eigenvalue weighted by atomic mass is 9.83. The Morgan fingerprint density at radius 3 is 2.29 bits per heavy atom. The van der Waals surface area contributed by atoms with E-state index in [1.54, 1.807) is 36.6 Å². The Kier molecular flexibility index (Phi) is 10.6. The molecule has 2 saturated carbocycles. The number of rotatable bonds is 13. The van der Waals surface area contributed by atoms with E-state index >= 15 is 0 Å². The van der Waals surface area contributed by atoms with E-state index < -0.39 is 47.4 Å². The first-order valence-corrected chi connectivity index (χ1v) is 16.5. The molecule has 0 aromatic heterocycles. The van der Waals surface area contributed by atoms with E-state index in [1.807, 2.05) is 0 Å². The summed E-state index contributed by atoms with van der Waals surface area (Å²) >= 11 is 0. The SMILES string of the molecule is C=CCCC(NC(=O)[C@@H]1[C@@H]2C(CN1C(=O)[C@@H](NC(=O)OC(C)(C)C)C1CCCCC1)C2(C)C)C(=O)C(=O)NCCC(=O)N1CC1. The molecule has 3 N–H and O–H groups in total. The number of likely N-dealkylation sites (tertiary alicyclic amines) is 1. The Bertz CT molecular complexity index is 1180. The van der Waals surface area contributed by atoms with Crippen LogP contribution in [0, 0.1) is 23.2 Å². The van der Waals surface area contributed by atoms with E-state index in [9.17, 15) is 28.8 Å². The largest absolute Gasteiger partial charge is 0.444 e. The van der Waals surface area contributed by atoms with Crippen molar-refractivity contribution in [1.82, 2.24) is 25.8 Å². The minimum absolute atomic E-state index is 0.0259. The predicted molar refractivity (Wildman–Crippen MR) is 167 cm³/mol. The molecule has 0 spiro atoms. The number of piperidine rings is 1. The molecule has 4 aliphatic rings. The lowest BCUT2D eigenvalue weighted by Gasteiger charge is -2.37. The maximum atomic E-state index is 14.3. The van der Waals surface area contributed by atoms with Crippen LogP contribution in [0.1, 0.15) is 86.0 Å². The second-order valence-electron chi connectivity index (χ2n) is 14.6. The van der Waals surface area contributed by atoms with Gasteiger partial charge in [0, 0.05) is 32.6 Å². The molecule has 0 aromatic rings. The lowest BCUT2D eigenvalue weighted by Crippen LogP contribution is -2.59. The lowest BCUT2D eigenvalue weighted by molar-refractivity contribution is -0.145. The number of carbonyl (C=O) groups is 6. The smallest absolute Gasteiger partial charge is 0.408 e. The van der Waals surface area contributed by atoms with Gasteiger partial charge in [-0.05, 0) is 69.6 Å². The van der Waals surface area contributed by atoms with Crippen molar-refractivity contribution < 1.29 is 33.5 Å². The van der Waals surface area contributed by atoms with Crippen LogP contribution in [-0.2, 0) is 28.7 Å². The van der Waals surface area contributed by atoms with Crippen LogP contribution in [-0.4, -0.2) is 95.2 Å². The summed E-state index contributed by atoms with van der Waals surface area (Å²) in [6.45, 7) is 14.9. The number of alkyl carbamates (subject to hydrolysis) is 1. The summed E-state index contributed by atoms with van der Waals surface area (Å²) in [5.74, 6) is -2.68. The van der Waals surface area contributed by atoms with Crippen molar-refractivity contribution in [3.8, 4) is 0 Å². The van der Waals surface area contributed by atoms with Crippen LogP contribution in [0.4, 0.5) is 4.79 Å². The number of hydrogen-bond donors (Lipinski definition) is 3. The molecule has 2 heterocycles. The first-order chi connectivity index (χ1) is 21.2. The summed E-state index contributed by atoms with van der Waals surface area (Å²) in [7, 11) is 0. The summed E-state index contributed by atoms with van der Waals surface area (Å²) in [5.41, 5.74) is -0.921. The van der Waals surface area contributed by atoms with Crippen molar-refractivity contribution in [3.63, 3.8) is 0 Å². The fraction of sp³-hybridized carbons (Fsp3) is 0.758. The van der Waals surface area contributed by atoms with Crippen molar-refractivity contribution in [2.24, 2.45) is 23.2 Å². The van der Waals surface area contributed by atoms with E-state index in [-0.39, 0.29) is 54.4 Å². The molecule has 45 heavy (non-hydrogen) atoms. The first-order valence-electron chi connectivity index (χ1n) is 16.5. The highest BCUT2D eigenvalue weighted by atomic mass is 16.6. The number of hydrogen-bond acceptors (Lipinski definition) is 7. The van der Waals surface area contributed by atoms with Crippen molar-refractivity contribution in [3.05, 3.63) is 12.7 Å². The van der Waals surface area contributed by atoms with E-state index in [4.69, 9.17) is 4.74 Å². The number of amides is 5. The molecule has 4 rings (SSSR count). The van der Waals surface area contributed by atoms with Gasteiger partial charge in [0.25, 0.3) is 5.91 Å². The third-order valence-corrected chi connectivity index (χ3v) is 9.76. The molecular weight excluding hydrogens is 578 g/mol. The summed E-state index contributed by atoms with van der Waals surface area (Å²) in [4.78, 5) is 82.2. The zero-order valence-electron chi connectivity index (χ0n) is 27.5. The van der Waals surface area contributed by atoms with Gasteiger partial charge in [-0.15, -0.1) is 6.58 Å². The van der Waals surface area contributed by atoms with E-state index in [1.165, 1.54) is 0 Å². The number of carbonyl (C=O) groups excluding carboxylic acids is 6. The molecular formula is C33H51N5O7. The van der Waals surface area contributed by atoms with Gasteiger partial charge in [-0.3, -0.25) is 24.0 Å². The maximum absolute atomic E-state index is 14.3. The number of nitrogens with zero attached hydrogens (tertiary/aromatic N) is 2. The van der Waals surface area contributed by atoms with Gasteiger partial charge in [0.1, 0.15) is 17.7 Å². The molecule has 250 valence electrons. The second-order valence-corrected chi connectivity index (χ2v) is 14.6. The minimum atomic E-state index is -1.12. The fourth-order valence-corrected chi connectivity index (χ4v) is 7.07. The monoisotopic (exact) mass is 629 g/mol. The van der Waals surface area contributed by atoms with Crippen LogP contribution in [0.3, 0.4) is 0 Å². The Labute approximate surface area is 266 Å². The van der Waals surface area contributed by atoms with Crippen LogP contribution in [0.25, 0.3) is 0 Å². The highest BCUT2D eigenvalue weighted by Gasteiger charge is 2.69. The number of Topliss-reactive ketones (excluding diaryl/α,β-unsaturated/α-hetero) is 1. The molecule has 4 fully saturated rings. The second kappa shape index (κ2) is 13.9. The van der Waals surface area contributed by atoms with Crippen molar-refractivity contribution in [2.45, 2.75) is 110 Å². The molecule has 2 saturated heterocycles. The van der Waals surface area contributed by atoms with Gasteiger partial charge in [-0.25, -0.2) is 4.79 Å². The fourth-order valence-electron chi connectivity index (χ4n) is 7.07. The molecule has 0 bridgehead atoms. The maximum Gasteiger partial charge on any atom is 0.408 e. The van der Waals surface area contributed by atoms with Crippen molar-refractivity contribution in [2.75, 3.05) is 26.2 Å². The average molecular weight is 630 g/mol. The molecule has 5 atom stereocenters. The Hall–Kier alpha value is -3.44. The number of ether oxygens (including phenoxy) is 1. The summed E-state index contributed by atoms with van der Waals surface area (Å²) in [6, 6.07) is -2.81. The van der Waals surface area contributed by atoms with Gasteiger partial charge in [-0.2, -0.15) is 0 Å². The van der Waals surface area contributed by atoms with Gasteiger partial charge in [0.2, 0.25) is 23.5 Å². The molecule has 12 heteroatoms. The topological polar surface area (TPSA) is 154 Å². The zero-order valence-corrected chi connectivity index (χ0v) is 27.5. The highest BCUT2D eigenvalue weighted by Crippen LogP contribution is 2.65. The number of fused-ring (bicyclic) bond motifs is 1. The summed E-state index contributed by atoms with van der Waals surface area (Å²) in [5, 5.41) is 8.14. The first kappa shape index (κ1) is 34.4. The van der Waals surface area contributed by atoms with Crippen molar-refractivity contribution >= 4 is 35.5 Å². The predicted octanol–water partition coefficient (Wildman–Crippen LogP) is 2.31. The normalized spacial score (nSPS) is 24.9. The van der Waals surface area contributed by atoms with E-state index in [2.05, 4.69) is 36.4 Å². The van der Waals surface area contributed by atoms with E-state index in [0.29, 0.717) is 26.1 Å². The summed E-state index contributed by atoms with van der Waals surface area (Å²) in [6.07, 6.45) is 6.12. The third kappa shape index (κ3) is 8.43. The molecule has 2 unspecified atom stereocenters. The van der Waals surface area contributed by atoms with Crippen LogP contribution in [0.15, 0.2) is 12.7 Å². The Morgan fingerprint density at radius 2 is 1.69 bits per heavy atom. The summed E-state index contributed by atoms with van der Waals surface area (Å²) < 4.78 is 5.50. The molecule has 0 radical (unpaired) electrons. The van der Waals surface area contributed by atoms with Gasteiger partial charge in [0.05, 0.1) is 6.04 Å². The van der Waals surface area contributed by atoms with Crippen LogP contribution in [0.2, 0.25) is 0 Å². The quantitative estimate of drug-likeness (QED) is 0.161. The van der Waals surface area contributed by atoms with Crippen LogP contribution in [0.5, 0.6) is 0 Å². The third-order valence-electron chi connectivity index (χ3n) is 9.76. The molecule has 2 aliphatic carbocycles. The standard InChI is InChI=1S/C33H51N5O7/c1-7-8-14-22(27(40)29(42)34-16-15-23(39)37-17-18-37)35-28(41)26-24-21(33(24,5)6)19-38(26)30(43)25(20-12-10-9-11-13-20)36-31(44)45-32(2,3)4/h7,20-22,24-26H,1,8-19H2,2-6H3,(H,34,42)(H,35,41)(H,36,44)/t21?,22?,24-,25-,26-/m0/s1. The van der Waals surface area contributed by atoms with Gasteiger partial charge < -0.3 is 30.5 Å². The van der Waals surface area contributed by atoms with Gasteiger partial charge >= 0.3 is 6.09 Å². The number of allylic oxidation sites excluding steroid dienone is 1. The Morgan fingerprint density at radius 1 is 1.02 bits per heavy atom. The molecule has 2 aliphatic heterocycles. The van der Waals surface area contributed by atoms with Crippen LogP contribution < -0.4 is 16.0 Å². The van der Waals surface area contributed by atoms with Gasteiger partial charge in [0.15, 0.2) is 0 Å². The van der Waals surface area contributed by atoms with Crippen LogP contribution >= 0.6 is 0 Å². The van der Waals surface area contributed by atoms with Crippen molar-refractivity contribution in [1.29, 1.82) is 0 Å².